The first-order chi connectivity index (χ1) is 12.1. The minimum atomic E-state index is -0.211. The lowest BCUT2D eigenvalue weighted by Gasteiger charge is -2.36. The number of ether oxygens (including phenoxy) is 1. The van der Waals surface area contributed by atoms with Crippen molar-refractivity contribution < 1.29 is 13.9 Å². The van der Waals surface area contributed by atoms with E-state index in [9.17, 15) is 9.18 Å². The van der Waals surface area contributed by atoms with E-state index in [1.165, 1.54) is 6.07 Å². The second kappa shape index (κ2) is 8.63. The Balaban J connectivity index is 1.39. The molecule has 3 rings (SSSR count). The lowest BCUT2D eigenvalue weighted by molar-refractivity contribution is 0.0258. The highest BCUT2D eigenvalue weighted by molar-refractivity contribution is 5.74. The van der Waals surface area contributed by atoms with Crippen LogP contribution in [0.5, 0.6) is 0 Å². The van der Waals surface area contributed by atoms with E-state index in [2.05, 4.69) is 10.2 Å². The molecule has 5 nitrogen and oxygen atoms in total. The molecule has 2 saturated heterocycles. The van der Waals surface area contributed by atoms with Crippen molar-refractivity contribution in [3.8, 4) is 0 Å². The zero-order valence-electron chi connectivity index (χ0n) is 15.0. The first kappa shape index (κ1) is 18.1. The number of aryl methyl sites for hydroxylation is 1. The molecule has 1 aromatic carbocycles. The normalized spacial score (nSPS) is 19.8. The predicted octanol–water partition coefficient (Wildman–Crippen LogP) is 2.39. The number of piperidine rings is 1. The van der Waals surface area contributed by atoms with Gasteiger partial charge in [-0.05, 0) is 42.9 Å². The fraction of sp³-hybridized carbons (Fsp3) is 0.632. The van der Waals surface area contributed by atoms with Crippen LogP contribution in [0.15, 0.2) is 18.2 Å². The third-order valence-corrected chi connectivity index (χ3v) is 5.19. The summed E-state index contributed by atoms with van der Waals surface area (Å²) in [4.78, 5) is 16.7. The number of rotatable bonds is 4. The minimum Gasteiger partial charge on any atom is -0.379 e. The van der Waals surface area contributed by atoms with Crippen molar-refractivity contribution in [2.75, 3.05) is 45.9 Å². The van der Waals surface area contributed by atoms with Gasteiger partial charge in [0, 0.05) is 39.3 Å². The number of nitrogens with zero attached hydrogens (tertiary/aromatic N) is 2. The highest BCUT2D eigenvalue weighted by Gasteiger charge is 2.24. The summed E-state index contributed by atoms with van der Waals surface area (Å²) >= 11 is 0. The second-order valence-electron chi connectivity index (χ2n) is 7.09. The van der Waals surface area contributed by atoms with Gasteiger partial charge in [0.05, 0.1) is 13.2 Å². The molecule has 6 heteroatoms. The number of carbonyl (C=O) groups is 1. The van der Waals surface area contributed by atoms with Crippen LogP contribution in [0.2, 0.25) is 0 Å². The van der Waals surface area contributed by atoms with Crippen LogP contribution in [-0.2, 0) is 11.3 Å². The number of amides is 2. The van der Waals surface area contributed by atoms with E-state index in [0.717, 1.165) is 64.3 Å². The van der Waals surface area contributed by atoms with Gasteiger partial charge in [-0.15, -0.1) is 0 Å². The zero-order valence-corrected chi connectivity index (χ0v) is 15.0. The Morgan fingerprint density at radius 1 is 1.24 bits per heavy atom. The minimum absolute atomic E-state index is 0.0215. The number of hydrogen-bond donors (Lipinski definition) is 1. The van der Waals surface area contributed by atoms with Crippen LogP contribution in [0.3, 0.4) is 0 Å². The Bertz CT molecular complexity index is 582. The van der Waals surface area contributed by atoms with Crippen molar-refractivity contribution in [1.29, 1.82) is 0 Å². The fourth-order valence-corrected chi connectivity index (χ4v) is 3.57. The molecule has 25 heavy (non-hydrogen) atoms. The van der Waals surface area contributed by atoms with Gasteiger partial charge in [-0.3, -0.25) is 4.90 Å². The SMILES string of the molecule is Cc1cc(CNC(=O)N2CCC(CN3CCOCC3)CC2)ccc1F. The van der Waals surface area contributed by atoms with Crippen molar-refractivity contribution in [1.82, 2.24) is 15.1 Å². The van der Waals surface area contributed by atoms with Crippen molar-refractivity contribution in [2.24, 2.45) is 5.92 Å². The van der Waals surface area contributed by atoms with Crippen LogP contribution in [0.4, 0.5) is 9.18 Å². The number of urea groups is 1. The summed E-state index contributed by atoms with van der Waals surface area (Å²) in [5, 5.41) is 2.95. The summed E-state index contributed by atoms with van der Waals surface area (Å²) in [6.07, 6.45) is 2.11. The quantitative estimate of drug-likeness (QED) is 0.908. The van der Waals surface area contributed by atoms with Crippen LogP contribution in [0.25, 0.3) is 0 Å². The molecule has 0 bridgehead atoms. The predicted molar refractivity (Wildman–Crippen MR) is 94.9 cm³/mol. The number of hydrogen-bond acceptors (Lipinski definition) is 3. The van der Waals surface area contributed by atoms with Gasteiger partial charge in [0.15, 0.2) is 0 Å². The summed E-state index contributed by atoms with van der Waals surface area (Å²) in [6.45, 7) is 8.64. The Labute approximate surface area is 149 Å². The van der Waals surface area contributed by atoms with Crippen molar-refractivity contribution in [2.45, 2.75) is 26.3 Å². The number of likely N-dealkylation sites (tertiary alicyclic amines) is 1. The molecule has 1 aromatic rings. The van der Waals surface area contributed by atoms with E-state index in [1.54, 1.807) is 19.1 Å². The number of benzene rings is 1. The number of nitrogens with one attached hydrogen (secondary N) is 1. The third-order valence-electron chi connectivity index (χ3n) is 5.19. The van der Waals surface area contributed by atoms with Gasteiger partial charge in [0.1, 0.15) is 5.82 Å². The topological polar surface area (TPSA) is 44.8 Å². The molecule has 1 N–H and O–H groups in total. The highest BCUT2D eigenvalue weighted by Crippen LogP contribution is 2.19. The van der Waals surface area contributed by atoms with Crippen molar-refractivity contribution >= 4 is 6.03 Å². The molecule has 0 unspecified atom stereocenters. The first-order valence-electron chi connectivity index (χ1n) is 9.20. The Hall–Kier alpha value is -1.66. The Morgan fingerprint density at radius 2 is 1.96 bits per heavy atom. The van der Waals surface area contributed by atoms with Crippen molar-refractivity contribution in [3.05, 3.63) is 35.1 Å². The van der Waals surface area contributed by atoms with E-state index < -0.39 is 0 Å². The van der Waals surface area contributed by atoms with Gasteiger partial charge in [0.25, 0.3) is 0 Å². The molecule has 2 fully saturated rings. The van der Waals surface area contributed by atoms with Gasteiger partial charge in [-0.2, -0.15) is 0 Å². The molecule has 138 valence electrons. The van der Waals surface area contributed by atoms with E-state index >= 15 is 0 Å². The molecule has 0 radical (unpaired) electrons. The molecule has 2 aliphatic rings. The van der Waals surface area contributed by atoms with Crippen LogP contribution < -0.4 is 5.32 Å². The summed E-state index contributed by atoms with van der Waals surface area (Å²) in [5.41, 5.74) is 1.53. The number of halogens is 1. The highest BCUT2D eigenvalue weighted by atomic mass is 19.1. The van der Waals surface area contributed by atoms with Gasteiger partial charge in [0.2, 0.25) is 0 Å². The van der Waals surface area contributed by atoms with Crippen molar-refractivity contribution in [3.63, 3.8) is 0 Å². The van der Waals surface area contributed by atoms with Gasteiger partial charge in [-0.25, -0.2) is 9.18 Å². The molecule has 0 aromatic heterocycles. The van der Waals surface area contributed by atoms with Gasteiger partial charge < -0.3 is 15.0 Å². The molecule has 2 amide bonds. The van der Waals surface area contributed by atoms with Crippen LogP contribution in [-0.4, -0.2) is 61.8 Å². The molecule has 2 heterocycles. The van der Waals surface area contributed by atoms with Gasteiger partial charge in [-0.1, -0.05) is 12.1 Å². The monoisotopic (exact) mass is 349 g/mol. The summed E-state index contributed by atoms with van der Waals surface area (Å²) in [7, 11) is 0. The maximum absolute atomic E-state index is 13.3. The van der Waals surface area contributed by atoms with Crippen LogP contribution in [0.1, 0.15) is 24.0 Å². The third kappa shape index (κ3) is 5.16. The average Bonchev–Trinajstić information content (AvgIpc) is 2.64. The summed E-state index contributed by atoms with van der Waals surface area (Å²) in [6, 6.07) is 4.93. The first-order valence-corrected chi connectivity index (χ1v) is 9.20. The largest absolute Gasteiger partial charge is 0.379 e. The molecule has 0 saturated carbocycles. The number of carbonyl (C=O) groups excluding carboxylic acids is 1. The maximum atomic E-state index is 13.3. The van der Waals surface area contributed by atoms with Crippen LogP contribution in [0, 0.1) is 18.7 Å². The summed E-state index contributed by atoms with van der Waals surface area (Å²) in [5.74, 6) is 0.458. The lowest BCUT2D eigenvalue weighted by Crippen LogP contribution is -2.47. The molecule has 2 aliphatic heterocycles. The van der Waals surface area contributed by atoms with E-state index in [0.29, 0.717) is 18.0 Å². The van der Waals surface area contributed by atoms with Gasteiger partial charge >= 0.3 is 6.03 Å². The molecule has 0 atom stereocenters. The molecular weight excluding hydrogens is 321 g/mol. The average molecular weight is 349 g/mol. The molecule has 0 spiro atoms. The van der Waals surface area contributed by atoms with E-state index in [1.807, 2.05) is 4.90 Å². The summed E-state index contributed by atoms with van der Waals surface area (Å²) < 4.78 is 18.7. The fourth-order valence-electron chi connectivity index (χ4n) is 3.57. The zero-order chi connectivity index (χ0) is 17.6. The second-order valence-corrected chi connectivity index (χ2v) is 7.09. The molecule has 0 aliphatic carbocycles. The Morgan fingerprint density at radius 3 is 2.64 bits per heavy atom. The van der Waals surface area contributed by atoms with E-state index in [4.69, 9.17) is 4.74 Å². The Kier molecular flexibility index (Phi) is 6.26. The molecular formula is C19H28FN3O2. The van der Waals surface area contributed by atoms with Crippen LogP contribution >= 0.6 is 0 Å². The maximum Gasteiger partial charge on any atom is 0.317 e. The van der Waals surface area contributed by atoms with E-state index in [-0.39, 0.29) is 11.8 Å². The number of morpholine rings is 1. The smallest absolute Gasteiger partial charge is 0.317 e. The standard InChI is InChI=1S/C19H28FN3O2/c1-15-12-17(2-3-18(15)20)13-21-19(24)23-6-4-16(5-7-23)14-22-8-10-25-11-9-22/h2-3,12,16H,4-11,13-14H2,1H3,(H,21,24). The lowest BCUT2D eigenvalue weighted by atomic mass is 9.96.